The Kier molecular flexibility index (Phi) is 7.83. The maximum absolute atomic E-state index is 13.7. The molecule has 0 aromatic heterocycles. The topological polar surface area (TPSA) is 73.2 Å². The summed E-state index contributed by atoms with van der Waals surface area (Å²) in [6.45, 7) is 6.15. The highest BCUT2D eigenvalue weighted by Crippen LogP contribution is 2.42. The van der Waals surface area contributed by atoms with Crippen molar-refractivity contribution in [1.82, 2.24) is 0 Å². The van der Waals surface area contributed by atoms with Crippen LogP contribution in [0.3, 0.4) is 0 Å². The highest BCUT2D eigenvalue weighted by Gasteiger charge is 2.41. The second-order valence-electron chi connectivity index (χ2n) is 8.93. The van der Waals surface area contributed by atoms with Gasteiger partial charge in [0.05, 0.1) is 5.25 Å². The molecular weight excluding hydrogens is 490 g/mol. The number of benzene rings is 3. The Bertz CT molecular complexity index is 1360. The lowest BCUT2D eigenvalue weighted by Gasteiger charge is -2.19. The van der Waals surface area contributed by atoms with Crippen molar-refractivity contribution in [3.05, 3.63) is 105 Å². The number of aryl methyl sites for hydroxylation is 1. The Labute approximate surface area is 220 Å². The molecule has 7 heteroatoms. The summed E-state index contributed by atoms with van der Waals surface area (Å²) in [6, 6.07) is 24.4. The van der Waals surface area contributed by atoms with Crippen molar-refractivity contribution < 1.29 is 9.59 Å². The summed E-state index contributed by atoms with van der Waals surface area (Å²) in [5, 5.41) is 13.2. The highest BCUT2D eigenvalue weighted by atomic mass is 35.5. The lowest BCUT2D eigenvalue weighted by Crippen LogP contribution is -2.31. The number of thioether (sulfide) groups is 1. The van der Waals surface area contributed by atoms with E-state index in [1.165, 1.54) is 16.7 Å². The number of nitriles is 1. The molecule has 182 valence electrons. The molecule has 2 amide bonds. The Morgan fingerprint density at radius 3 is 2.36 bits per heavy atom. The third-order valence-corrected chi connectivity index (χ3v) is 7.63. The lowest BCUT2D eigenvalue weighted by atomic mass is 10.0. The third-order valence-electron chi connectivity index (χ3n) is 6.00. The number of nitrogens with zero attached hydrogens (tertiary/aromatic N) is 2. The van der Waals surface area contributed by atoms with E-state index in [-0.39, 0.29) is 11.5 Å². The lowest BCUT2D eigenvalue weighted by molar-refractivity contribution is -0.117. The van der Waals surface area contributed by atoms with Crippen molar-refractivity contribution >= 4 is 46.6 Å². The number of carbonyl (C=O) groups is 2. The molecule has 1 aliphatic heterocycles. The van der Waals surface area contributed by atoms with Crippen LogP contribution in [-0.4, -0.2) is 17.1 Å². The van der Waals surface area contributed by atoms with Crippen molar-refractivity contribution in [3.63, 3.8) is 0 Å². The monoisotopic (exact) mass is 515 g/mol. The molecule has 0 spiro atoms. The van der Waals surface area contributed by atoms with E-state index >= 15 is 0 Å². The van der Waals surface area contributed by atoms with Gasteiger partial charge in [0.25, 0.3) is 5.91 Å². The molecule has 0 radical (unpaired) electrons. The van der Waals surface area contributed by atoms with Crippen molar-refractivity contribution in [2.75, 3.05) is 10.2 Å². The molecule has 1 saturated heterocycles. The highest BCUT2D eigenvalue weighted by molar-refractivity contribution is 8.05. The van der Waals surface area contributed by atoms with Crippen LogP contribution in [0.4, 0.5) is 11.4 Å². The number of rotatable bonds is 6. The largest absolute Gasteiger partial charge is 0.321 e. The molecule has 36 heavy (non-hydrogen) atoms. The maximum atomic E-state index is 13.7. The SMILES string of the molecule is Cc1ccc(NC(=O)/C(C#N)=C2\SC(Cc3ccccc3Cl)C(=O)N2c2ccc(C(C)C)cc2)cc1. The summed E-state index contributed by atoms with van der Waals surface area (Å²) < 4.78 is 0. The Balaban J connectivity index is 1.73. The van der Waals surface area contributed by atoms with E-state index in [9.17, 15) is 14.9 Å². The summed E-state index contributed by atoms with van der Waals surface area (Å²) in [6.07, 6.45) is 0.380. The van der Waals surface area contributed by atoms with Crippen LogP contribution in [-0.2, 0) is 16.0 Å². The van der Waals surface area contributed by atoms with Crippen LogP contribution in [0, 0.1) is 18.3 Å². The molecule has 1 N–H and O–H groups in total. The van der Waals surface area contributed by atoms with Crippen LogP contribution >= 0.6 is 23.4 Å². The normalized spacial score (nSPS) is 16.7. The smallest absolute Gasteiger partial charge is 0.269 e. The number of nitrogens with one attached hydrogen (secondary N) is 1. The van der Waals surface area contributed by atoms with Crippen LogP contribution in [0.1, 0.15) is 36.5 Å². The summed E-state index contributed by atoms with van der Waals surface area (Å²) in [5.74, 6) is -0.414. The van der Waals surface area contributed by atoms with E-state index in [0.717, 1.165) is 16.7 Å². The van der Waals surface area contributed by atoms with Crippen molar-refractivity contribution in [2.45, 2.75) is 38.4 Å². The zero-order chi connectivity index (χ0) is 25.8. The Morgan fingerprint density at radius 2 is 1.75 bits per heavy atom. The van der Waals surface area contributed by atoms with Gasteiger partial charge in [-0.15, -0.1) is 0 Å². The minimum absolute atomic E-state index is 0.108. The molecule has 1 heterocycles. The van der Waals surface area contributed by atoms with Crippen LogP contribution in [0.15, 0.2) is 83.4 Å². The average molecular weight is 516 g/mol. The van der Waals surface area contributed by atoms with Gasteiger partial charge in [-0.25, -0.2) is 0 Å². The van der Waals surface area contributed by atoms with Crippen LogP contribution in [0.25, 0.3) is 0 Å². The van der Waals surface area contributed by atoms with Gasteiger partial charge < -0.3 is 5.32 Å². The van der Waals surface area contributed by atoms with E-state index < -0.39 is 11.2 Å². The zero-order valence-electron chi connectivity index (χ0n) is 20.3. The first-order valence-corrected chi connectivity index (χ1v) is 12.9. The van der Waals surface area contributed by atoms with Gasteiger partial charge in [-0.2, -0.15) is 5.26 Å². The first-order valence-electron chi connectivity index (χ1n) is 11.6. The van der Waals surface area contributed by atoms with Gasteiger partial charge in [0.2, 0.25) is 5.91 Å². The van der Waals surface area contributed by atoms with Gasteiger partial charge in [0.1, 0.15) is 16.7 Å². The standard InChI is InChI=1S/C29H26ClN3O2S/c1-18(2)20-10-14-23(15-11-20)33-28(35)26(16-21-6-4-5-7-25(21)30)36-29(33)24(17-31)27(34)32-22-12-8-19(3)9-13-22/h4-15,18,26H,16H2,1-3H3,(H,32,34)/b29-24-. The number of anilines is 2. The molecule has 0 aliphatic carbocycles. The molecule has 1 fully saturated rings. The number of halogens is 1. The Hall–Kier alpha value is -3.53. The van der Waals surface area contributed by atoms with E-state index in [1.54, 1.807) is 18.2 Å². The molecule has 0 saturated carbocycles. The predicted octanol–water partition coefficient (Wildman–Crippen LogP) is 6.84. The summed E-state index contributed by atoms with van der Waals surface area (Å²) in [5.41, 5.74) is 4.11. The fraction of sp³-hybridized carbons (Fsp3) is 0.207. The molecular formula is C29H26ClN3O2S. The van der Waals surface area contributed by atoms with Crippen LogP contribution < -0.4 is 10.2 Å². The minimum Gasteiger partial charge on any atom is -0.321 e. The fourth-order valence-electron chi connectivity index (χ4n) is 3.92. The second kappa shape index (κ2) is 11.0. The minimum atomic E-state index is -0.557. The maximum Gasteiger partial charge on any atom is 0.269 e. The quantitative estimate of drug-likeness (QED) is 0.288. The molecule has 4 rings (SSSR count). The van der Waals surface area contributed by atoms with Crippen molar-refractivity contribution in [3.8, 4) is 6.07 Å². The van der Waals surface area contributed by atoms with Gasteiger partial charge in [-0.1, -0.05) is 85.2 Å². The number of amides is 2. The van der Waals surface area contributed by atoms with Crippen molar-refractivity contribution in [1.29, 1.82) is 5.26 Å². The fourth-order valence-corrected chi connectivity index (χ4v) is 5.43. The number of hydrogen-bond acceptors (Lipinski definition) is 4. The van der Waals surface area contributed by atoms with Gasteiger partial charge in [0, 0.05) is 16.4 Å². The Morgan fingerprint density at radius 1 is 1.08 bits per heavy atom. The van der Waals surface area contributed by atoms with Gasteiger partial charge in [0.15, 0.2) is 0 Å². The molecule has 1 aliphatic rings. The van der Waals surface area contributed by atoms with Crippen molar-refractivity contribution in [2.24, 2.45) is 0 Å². The average Bonchev–Trinajstić information content (AvgIpc) is 3.17. The molecule has 0 bridgehead atoms. The zero-order valence-corrected chi connectivity index (χ0v) is 21.9. The van der Waals surface area contributed by atoms with Gasteiger partial charge in [-0.3, -0.25) is 14.5 Å². The molecule has 1 atom stereocenters. The summed E-state index contributed by atoms with van der Waals surface area (Å²) >= 11 is 7.59. The molecule has 3 aromatic rings. The van der Waals surface area contributed by atoms with Crippen LogP contribution in [0.2, 0.25) is 5.02 Å². The molecule has 5 nitrogen and oxygen atoms in total. The summed E-state index contributed by atoms with van der Waals surface area (Å²) in [4.78, 5) is 28.4. The third kappa shape index (κ3) is 5.48. The van der Waals surface area contributed by atoms with E-state index in [2.05, 4.69) is 19.2 Å². The first-order chi connectivity index (χ1) is 17.3. The van der Waals surface area contributed by atoms with Gasteiger partial charge >= 0.3 is 0 Å². The second-order valence-corrected chi connectivity index (χ2v) is 10.5. The summed E-state index contributed by atoms with van der Waals surface area (Å²) in [7, 11) is 0. The first kappa shape index (κ1) is 25.6. The van der Waals surface area contributed by atoms with E-state index in [4.69, 9.17) is 11.6 Å². The van der Waals surface area contributed by atoms with Crippen LogP contribution in [0.5, 0.6) is 0 Å². The predicted molar refractivity (Wildman–Crippen MR) is 147 cm³/mol. The van der Waals surface area contributed by atoms with Gasteiger partial charge in [-0.05, 0) is 60.7 Å². The van der Waals surface area contributed by atoms with E-state index in [0.29, 0.717) is 33.8 Å². The van der Waals surface area contributed by atoms with E-state index in [1.807, 2.05) is 67.6 Å². The molecule has 1 unspecified atom stereocenters. The molecule has 3 aromatic carbocycles. The number of carbonyl (C=O) groups excluding carboxylic acids is 2. The number of hydrogen-bond donors (Lipinski definition) is 1.